The fraction of sp³-hybridized carbons (Fsp3) is 0. The highest BCUT2D eigenvalue weighted by Crippen LogP contribution is 2.12. The summed E-state index contributed by atoms with van der Waals surface area (Å²) in [4.78, 5) is 7.71. The second-order valence-corrected chi connectivity index (χ2v) is 2.09. The smallest absolute Gasteiger partial charge is 0.173 e. The molecule has 9 heavy (non-hydrogen) atoms. The second kappa shape index (κ2) is 2.75. The number of hydrogen-bond acceptors (Lipinski definition) is 4. The van der Waals surface area contributed by atoms with Crippen LogP contribution in [0.1, 0.15) is 0 Å². The predicted octanol–water partition coefficient (Wildman–Crippen LogP) is 0.525. The number of anilines is 1. The van der Waals surface area contributed by atoms with E-state index in [-0.39, 0.29) is 0 Å². The summed E-state index contributed by atoms with van der Waals surface area (Å²) in [6.07, 6.45) is 3.13. The maximum absolute atomic E-state index is 5.07. The molecule has 0 amide bonds. The van der Waals surface area contributed by atoms with E-state index in [1.54, 1.807) is 12.4 Å². The lowest BCUT2D eigenvalue weighted by Crippen LogP contribution is -2.09. The van der Waals surface area contributed by atoms with E-state index in [2.05, 4.69) is 31.3 Å². The average molecular weight is 189 g/mol. The number of nitrogens with zero attached hydrogens (tertiary/aromatic N) is 2. The molecule has 4 nitrogen and oxygen atoms in total. The van der Waals surface area contributed by atoms with Crippen LogP contribution in [-0.2, 0) is 0 Å². The summed E-state index contributed by atoms with van der Waals surface area (Å²) in [5.41, 5.74) is 2.37. The van der Waals surface area contributed by atoms with E-state index in [0.29, 0.717) is 10.4 Å². The minimum Gasteiger partial charge on any atom is -0.306 e. The van der Waals surface area contributed by atoms with Crippen molar-refractivity contribution in [3.8, 4) is 0 Å². The molecule has 0 fully saturated rings. The monoisotopic (exact) mass is 188 g/mol. The van der Waals surface area contributed by atoms with E-state index in [1.807, 2.05) is 0 Å². The van der Waals surface area contributed by atoms with Crippen molar-refractivity contribution in [3.05, 3.63) is 17.0 Å². The van der Waals surface area contributed by atoms with Crippen LogP contribution >= 0.6 is 15.9 Å². The molecule has 0 atom stereocenters. The van der Waals surface area contributed by atoms with E-state index >= 15 is 0 Å². The van der Waals surface area contributed by atoms with Crippen molar-refractivity contribution in [1.29, 1.82) is 0 Å². The van der Waals surface area contributed by atoms with Gasteiger partial charge in [-0.15, -0.1) is 0 Å². The largest absolute Gasteiger partial charge is 0.306 e. The van der Waals surface area contributed by atoms with Crippen LogP contribution in [0.5, 0.6) is 0 Å². The van der Waals surface area contributed by atoms with Crippen LogP contribution < -0.4 is 11.3 Å². The maximum Gasteiger partial charge on any atom is 0.173 e. The number of nitrogens with one attached hydrogen (secondary N) is 1. The van der Waals surface area contributed by atoms with Gasteiger partial charge in [-0.3, -0.25) is 0 Å². The van der Waals surface area contributed by atoms with E-state index in [9.17, 15) is 0 Å². The van der Waals surface area contributed by atoms with Gasteiger partial charge < -0.3 is 5.43 Å². The fourth-order valence-corrected chi connectivity index (χ4v) is 0.753. The lowest BCUT2D eigenvalue weighted by atomic mass is 10.7. The van der Waals surface area contributed by atoms with E-state index in [1.165, 1.54) is 0 Å². The molecule has 0 saturated carbocycles. The van der Waals surface area contributed by atoms with Crippen molar-refractivity contribution >= 4 is 21.7 Å². The van der Waals surface area contributed by atoms with Crippen LogP contribution in [0.25, 0.3) is 0 Å². The standard InChI is InChI=1S/C4H5BrN4/c5-3-4(9-6)8-2-1-7-3/h1-2H,6H2,(H,8,9). The van der Waals surface area contributed by atoms with Crippen molar-refractivity contribution in [2.45, 2.75) is 0 Å². The Kier molecular flexibility index (Phi) is 1.96. The number of hydrazine groups is 1. The molecule has 0 aliphatic rings. The first-order chi connectivity index (χ1) is 4.34. The third-order valence-corrected chi connectivity index (χ3v) is 1.37. The Morgan fingerprint density at radius 1 is 1.44 bits per heavy atom. The Hall–Kier alpha value is -0.680. The van der Waals surface area contributed by atoms with Gasteiger partial charge in [0.25, 0.3) is 0 Å². The molecule has 48 valence electrons. The predicted molar refractivity (Wildman–Crippen MR) is 37.5 cm³/mol. The average Bonchev–Trinajstić information content (AvgIpc) is 1.89. The first-order valence-electron chi connectivity index (χ1n) is 2.27. The molecule has 0 spiro atoms. The molecule has 0 aliphatic heterocycles. The number of hydrogen-bond donors (Lipinski definition) is 2. The van der Waals surface area contributed by atoms with Crippen molar-refractivity contribution in [3.63, 3.8) is 0 Å². The summed E-state index contributed by atoms with van der Waals surface area (Å²) in [6, 6.07) is 0. The van der Waals surface area contributed by atoms with Gasteiger partial charge in [0, 0.05) is 12.4 Å². The third kappa shape index (κ3) is 1.36. The lowest BCUT2D eigenvalue weighted by Gasteiger charge is -1.97. The van der Waals surface area contributed by atoms with Crippen molar-refractivity contribution in [2.24, 2.45) is 5.84 Å². The van der Waals surface area contributed by atoms with Crippen LogP contribution in [0.4, 0.5) is 5.82 Å². The van der Waals surface area contributed by atoms with Crippen LogP contribution in [0.2, 0.25) is 0 Å². The highest BCUT2D eigenvalue weighted by molar-refractivity contribution is 9.10. The van der Waals surface area contributed by atoms with Gasteiger partial charge in [0.15, 0.2) is 5.82 Å². The van der Waals surface area contributed by atoms with Gasteiger partial charge in [-0.1, -0.05) is 0 Å². The number of rotatable bonds is 1. The zero-order chi connectivity index (χ0) is 6.69. The molecule has 0 bridgehead atoms. The molecule has 0 aromatic carbocycles. The van der Waals surface area contributed by atoms with E-state index < -0.39 is 0 Å². The highest BCUT2D eigenvalue weighted by atomic mass is 79.9. The topological polar surface area (TPSA) is 63.8 Å². The number of nitrogens with two attached hydrogens (primary N) is 1. The molecule has 1 aromatic rings. The molecule has 5 heteroatoms. The molecule has 0 saturated heterocycles. The maximum atomic E-state index is 5.07. The Morgan fingerprint density at radius 2 is 2.11 bits per heavy atom. The summed E-state index contributed by atoms with van der Waals surface area (Å²) in [7, 11) is 0. The molecule has 0 unspecified atom stereocenters. The van der Waals surface area contributed by atoms with Gasteiger partial charge in [0.05, 0.1) is 0 Å². The first kappa shape index (κ1) is 6.44. The molecular formula is C4H5BrN4. The van der Waals surface area contributed by atoms with E-state index in [0.717, 1.165) is 0 Å². The Labute approximate surface area is 60.6 Å². The third-order valence-electron chi connectivity index (χ3n) is 0.790. The SMILES string of the molecule is NNc1nccnc1Br. The molecule has 1 heterocycles. The fourth-order valence-electron chi connectivity index (χ4n) is 0.418. The second-order valence-electron chi connectivity index (χ2n) is 1.34. The van der Waals surface area contributed by atoms with E-state index in [4.69, 9.17) is 5.84 Å². The van der Waals surface area contributed by atoms with Crippen molar-refractivity contribution < 1.29 is 0 Å². The molecular weight excluding hydrogens is 184 g/mol. The molecule has 0 aliphatic carbocycles. The number of halogens is 1. The summed E-state index contributed by atoms with van der Waals surface area (Å²) in [6.45, 7) is 0. The normalized spacial score (nSPS) is 9.11. The van der Waals surface area contributed by atoms with Gasteiger partial charge in [-0.2, -0.15) is 0 Å². The minimum absolute atomic E-state index is 0.539. The van der Waals surface area contributed by atoms with Gasteiger partial charge in [0.2, 0.25) is 0 Å². The number of nitrogen functional groups attached to an aromatic ring is 1. The van der Waals surface area contributed by atoms with Gasteiger partial charge in [-0.05, 0) is 15.9 Å². The molecule has 1 aromatic heterocycles. The summed E-state index contributed by atoms with van der Waals surface area (Å²) in [5.74, 6) is 5.61. The summed E-state index contributed by atoms with van der Waals surface area (Å²) in [5, 5.41) is 0. The molecule has 3 N–H and O–H groups in total. The van der Waals surface area contributed by atoms with Gasteiger partial charge in [-0.25, -0.2) is 15.8 Å². The Balaban J connectivity index is 3.01. The van der Waals surface area contributed by atoms with Crippen LogP contribution in [0, 0.1) is 0 Å². The quantitative estimate of drug-likeness (QED) is 0.499. The van der Waals surface area contributed by atoms with Crippen molar-refractivity contribution in [1.82, 2.24) is 9.97 Å². The Morgan fingerprint density at radius 3 is 2.56 bits per heavy atom. The zero-order valence-corrected chi connectivity index (χ0v) is 6.09. The van der Waals surface area contributed by atoms with Gasteiger partial charge in [0.1, 0.15) is 4.60 Å². The number of aromatic nitrogens is 2. The highest BCUT2D eigenvalue weighted by Gasteiger charge is 1.94. The van der Waals surface area contributed by atoms with Crippen LogP contribution in [0.15, 0.2) is 17.0 Å². The van der Waals surface area contributed by atoms with Gasteiger partial charge >= 0.3 is 0 Å². The van der Waals surface area contributed by atoms with Crippen LogP contribution in [0.3, 0.4) is 0 Å². The zero-order valence-electron chi connectivity index (χ0n) is 4.50. The lowest BCUT2D eigenvalue weighted by molar-refractivity contribution is 1.13. The first-order valence-corrected chi connectivity index (χ1v) is 3.07. The Bertz CT molecular complexity index is 202. The minimum atomic E-state index is 0.539. The van der Waals surface area contributed by atoms with Crippen molar-refractivity contribution in [2.75, 3.05) is 5.43 Å². The molecule has 0 radical (unpaired) electrons. The summed E-state index contributed by atoms with van der Waals surface area (Å²) >= 11 is 3.14. The molecule has 1 rings (SSSR count). The van der Waals surface area contributed by atoms with Crippen LogP contribution in [-0.4, -0.2) is 9.97 Å². The summed E-state index contributed by atoms with van der Waals surface area (Å²) < 4.78 is 0.618.